The van der Waals surface area contributed by atoms with Crippen molar-refractivity contribution in [3.05, 3.63) is 54.5 Å². The summed E-state index contributed by atoms with van der Waals surface area (Å²) >= 11 is 0. The van der Waals surface area contributed by atoms with Crippen LogP contribution in [0.2, 0.25) is 0 Å². The summed E-state index contributed by atoms with van der Waals surface area (Å²) in [5, 5.41) is 0. The van der Waals surface area contributed by atoms with E-state index in [1.165, 1.54) is 5.56 Å². The van der Waals surface area contributed by atoms with Crippen molar-refractivity contribution in [1.82, 2.24) is 14.9 Å². The smallest absolute Gasteiger partial charge is 0.147 e. The number of aromatic nitrogens is 2. The standard InChI is InChI=1S/C17H22N4/c1-15-7-10-20(17-13-18-8-9-19-17)11-12-21(15)14-16-5-3-2-4-6-16/h2-6,8-9,13,15H,7,10-12,14H2,1H3/t15-/m0/s1. The van der Waals surface area contributed by atoms with E-state index in [9.17, 15) is 0 Å². The third kappa shape index (κ3) is 3.58. The first kappa shape index (κ1) is 14.0. The number of rotatable bonds is 3. The molecule has 1 aliphatic rings. The lowest BCUT2D eigenvalue weighted by atomic mass is 10.1. The van der Waals surface area contributed by atoms with E-state index in [2.05, 4.69) is 57.0 Å². The van der Waals surface area contributed by atoms with Crippen molar-refractivity contribution in [2.45, 2.75) is 25.9 Å². The summed E-state index contributed by atoms with van der Waals surface area (Å²) in [7, 11) is 0. The molecule has 0 amide bonds. The molecule has 4 nitrogen and oxygen atoms in total. The maximum absolute atomic E-state index is 4.42. The predicted octanol–water partition coefficient (Wildman–Crippen LogP) is 2.58. The molecule has 0 radical (unpaired) electrons. The van der Waals surface area contributed by atoms with Crippen LogP contribution in [0.5, 0.6) is 0 Å². The minimum absolute atomic E-state index is 0.590. The summed E-state index contributed by atoms with van der Waals surface area (Å²) in [6.07, 6.45) is 6.51. The summed E-state index contributed by atoms with van der Waals surface area (Å²) in [5.41, 5.74) is 1.39. The minimum Gasteiger partial charge on any atom is -0.354 e. The van der Waals surface area contributed by atoms with E-state index in [0.29, 0.717) is 6.04 Å². The summed E-state index contributed by atoms with van der Waals surface area (Å²) in [4.78, 5) is 13.5. The van der Waals surface area contributed by atoms with Gasteiger partial charge >= 0.3 is 0 Å². The van der Waals surface area contributed by atoms with Crippen LogP contribution in [0.1, 0.15) is 18.9 Å². The second-order valence-corrected chi connectivity index (χ2v) is 5.64. The Morgan fingerprint density at radius 3 is 2.71 bits per heavy atom. The highest BCUT2D eigenvalue weighted by Gasteiger charge is 2.21. The molecular weight excluding hydrogens is 260 g/mol. The fourth-order valence-electron chi connectivity index (χ4n) is 2.84. The normalized spacial score (nSPS) is 20.2. The van der Waals surface area contributed by atoms with Crippen LogP contribution in [0.15, 0.2) is 48.9 Å². The summed E-state index contributed by atoms with van der Waals surface area (Å²) < 4.78 is 0. The second-order valence-electron chi connectivity index (χ2n) is 5.64. The van der Waals surface area contributed by atoms with Gasteiger partial charge in [0.2, 0.25) is 0 Å². The van der Waals surface area contributed by atoms with E-state index in [-0.39, 0.29) is 0 Å². The molecule has 1 fully saturated rings. The fraction of sp³-hybridized carbons (Fsp3) is 0.412. The number of nitrogens with zero attached hydrogens (tertiary/aromatic N) is 4. The van der Waals surface area contributed by atoms with Gasteiger partial charge in [-0.3, -0.25) is 9.88 Å². The van der Waals surface area contributed by atoms with Crippen LogP contribution in [0.3, 0.4) is 0 Å². The highest BCUT2D eigenvalue weighted by molar-refractivity contribution is 5.35. The van der Waals surface area contributed by atoms with E-state index < -0.39 is 0 Å². The van der Waals surface area contributed by atoms with Crippen LogP contribution in [0, 0.1) is 0 Å². The number of benzene rings is 1. The molecule has 0 saturated carbocycles. The lowest BCUT2D eigenvalue weighted by molar-refractivity contribution is 0.212. The van der Waals surface area contributed by atoms with E-state index >= 15 is 0 Å². The molecule has 1 atom stereocenters. The van der Waals surface area contributed by atoms with E-state index in [1.807, 2.05) is 6.20 Å². The Bertz CT molecular complexity index is 543. The van der Waals surface area contributed by atoms with Crippen molar-refractivity contribution in [2.75, 3.05) is 24.5 Å². The Morgan fingerprint density at radius 1 is 1.10 bits per heavy atom. The molecule has 0 bridgehead atoms. The van der Waals surface area contributed by atoms with Crippen LogP contribution < -0.4 is 4.90 Å². The van der Waals surface area contributed by atoms with Crippen molar-refractivity contribution in [3.8, 4) is 0 Å². The largest absolute Gasteiger partial charge is 0.354 e. The van der Waals surface area contributed by atoms with Crippen LogP contribution in [-0.4, -0.2) is 40.5 Å². The lowest BCUT2D eigenvalue weighted by Gasteiger charge is -2.26. The molecule has 2 heterocycles. The first-order valence-corrected chi connectivity index (χ1v) is 7.62. The van der Waals surface area contributed by atoms with Crippen LogP contribution in [-0.2, 0) is 6.54 Å². The molecule has 110 valence electrons. The van der Waals surface area contributed by atoms with E-state index in [0.717, 1.165) is 38.4 Å². The van der Waals surface area contributed by atoms with Gasteiger partial charge in [0, 0.05) is 44.6 Å². The summed E-state index contributed by atoms with van der Waals surface area (Å²) in [5.74, 6) is 0.992. The highest BCUT2D eigenvalue weighted by atomic mass is 15.3. The molecule has 0 N–H and O–H groups in total. The quantitative estimate of drug-likeness (QED) is 0.866. The zero-order valence-corrected chi connectivity index (χ0v) is 12.5. The monoisotopic (exact) mass is 282 g/mol. The minimum atomic E-state index is 0.590. The van der Waals surface area contributed by atoms with Gasteiger partial charge in [0.1, 0.15) is 5.82 Å². The third-order valence-electron chi connectivity index (χ3n) is 4.20. The average Bonchev–Trinajstić information content (AvgIpc) is 2.72. The van der Waals surface area contributed by atoms with E-state index in [1.54, 1.807) is 12.4 Å². The molecule has 1 aromatic carbocycles. The molecule has 21 heavy (non-hydrogen) atoms. The highest BCUT2D eigenvalue weighted by Crippen LogP contribution is 2.17. The topological polar surface area (TPSA) is 32.3 Å². The zero-order valence-electron chi connectivity index (χ0n) is 12.5. The Labute approximate surface area is 126 Å². The van der Waals surface area contributed by atoms with Crippen molar-refractivity contribution in [2.24, 2.45) is 0 Å². The SMILES string of the molecule is C[C@H]1CCN(c2cnccn2)CCN1Cc1ccccc1. The van der Waals surface area contributed by atoms with Gasteiger partial charge in [-0.05, 0) is 18.9 Å². The Balaban J connectivity index is 1.66. The number of hydrogen-bond donors (Lipinski definition) is 0. The average molecular weight is 282 g/mol. The van der Waals surface area contributed by atoms with Gasteiger partial charge in [0.25, 0.3) is 0 Å². The molecule has 1 aliphatic heterocycles. The maximum atomic E-state index is 4.42. The molecule has 2 aromatic rings. The molecule has 1 saturated heterocycles. The molecule has 0 aliphatic carbocycles. The van der Waals surface area contributed by atoms with Crippen LogP contribution in [0.4, 0.5) is 5.82 Å². The summed E-state index contributed by atoms with van der Waals surface area (Å²) in [6.45, 7) is 6.47. The molecule has 4 heteroatoms. The van der Waals surface area contributed by atoms with E-state index in [4.69, 9.17) is 0 Å². The third-order valence-corrected chi connectivity index (χ3v) is 4.20. The Hall–Kier alpha value is -1.94. The first-order chi connectivity index (χ1) is 10.3. The van der Waals surface area contributed by atoms with Crippen molar-refractivity contribution in [1.29, 1.82) is 0 Å². The van der Waals surface area contributed by atoms with Crippen LogP contribution >= 0.6 is 0 Å². The lowest BCUT2D eigenvalue weighted by Crippen LogP contribution is -2.34. The molecule has 0 spiro atoms. The number of anilines is 1. The zero-order chi connectivity index (χ0) is 14.5. The Morgan fingerprint density at radius 2 is 1.95 bits per heavy atom. The predicted molar refractivity (Wildman–Crippen MR) is 85.2 cm³/mol. The van der Waals surface area contributed by atoms with Gasteiger partial charge in [-0.25, -0.2) is 4.98 Å². The Kier molecular flexibility index (Phi) is 4.46. The van der Waals surface area contributed by atoms with Gasteiger partial charge in [-0.15, -0.1) is 0 Å². The summed E-state index contributed by atoms with van der Waals surface area (Å²) in [6, 6.07) is 11.3. The molecule has 0 unspecified atom stereocenters. The van der Waals surface area contributed by atoms with Crippen molar-refractivity contribution in [3.63, 3.8) is 0 Å². The first-order valence-electron chi connectivity index (χ1n) is 7.62. The van der Waals surface area contributed by atoms with Crippen molar-refractivity contribution < 1.29 is 0 Å². The second kappa shape index (κ2) is 6.68. The molecule has 3 rings (SSSR count). The van der Waals surface area contributed by atoms with Gasteiger partial charge in [-0.2, -0.15) is 0 Å². The fourth-order valence-corrected chi connectivity index (χ4v) is 2.84. The van der Waals surface area contributed by atoms with Gasteiger partial charge < -0.3 is 4.90 Å². The van der Waals surface area contributed by atoms with Crippen molar-refractivity contribution >= 4 is 5.82 Å². The maximum Gasteiger partial charge on any atom is 0.147 e. The van der Waals surface area contributed by atoms with Crippen LogP contribution in [0.25, 0.3) is 0 Å². The molecule has 1 aromatic heterocycles. The van der Waals surface area contributed by atoms with Gasteiger partial charge in [0.05, 0.1) is 6.20 Å². The van der Waals surface area contributed by atoms with Gasteiger partial charge in [0.15, 0.2) is 0 Å². The van der Waals surface area contributed by atoms with Gasteiger partial charge in [-0.1, -0.05) is 30.3 Å². The molecular formula is C17H22N4. The number of hydrogen-bond acceptors (Lipinski definition) is 4.